The lowest BCUT2D eigenvalue weighted by Crippen LogP contribution is -2.25. The number of nitrogens with zero attached hydrogens (tertiary/aromatic N) is 1. The number of hydrogen-bond acceptors (Lipinski definition) is 4. The number of methoxy groups -OCH3 is 1. The first-order valence-corrected chi connectivity index (χ1v) is 9.89. The van der Waals surface area contributed by atoms with Gasteiger partial charge in [0.05, 0.1) is 23.4 Å². The zero-order valence-corrected chi connectivity index (χ0v) is 15.9. The Bertz CT molecular complexity index is 934. The van der Waals surface area contributed by atoms with Gasteiger partial charge in [-0.3, -0.25) is 9.52 Å². The Hall–Kier alpha value is -2.54. The van der Waals surface area contributed by atoms with Gasteiger partial charge in [-0.1, -0.05) is 18.2 Å². The van der Waals surface area contributed by atoms with Crippen molar-refractivity contribution in [1.29, 1.82) is 0 Å². The summed E-state index contributed by atoms with van der Waals surface area (Å²) in [5, 5.41) is 0. The molecule has 1 saturated heterocycles. The summed E-state index contributed by atoms with van der Waals surface area (Å²) in [7, 11) is -2.29. The average molecular weight is 374 g/mol. The number of aryl methyl sites for hydroxylation is 2. The Balaban J connectivity index is 2.01. The van der Waals surface area contributed by atoms with Crippen LogP contribution in [0.1, 0.15) is 24.0 Å². The van der Waals surface area contributed by atoms with Crippen LogP contribution in [0.25, 0.3) is 0 Å². The standard InChI is InChI=1S/C19H22N2O4S/c1-13-6-4-7-14(2)19(13)20-26(23,24)15-9-10-17(25-3)16(12-15)21-11-5-8-18(21)22/h4,6-7,9-10,12,20H,5,8,11H2,1-3H3. The van der Waals surface area contributed by atoms with Crippen molar-refractivity contribution in [1.82, 2.24) is 0 Å². The molecule has 0 atom stereocenters. The minimum absolute atomic E-state index is 0.0273. The molecule has 1 heterocycles. The van der Waals surface area contributed by atoms with Crippen LogP contribution in [0, 0.1) is 13.8 Å². The second kappa shape index (κ2) is 6.99. The van der Waals surface area contributed by atoms with E-state index in [1.165, 1.54) is 19.2 Å². The molecule has 2 aromatic rings. The third-order valence-corrected chi connectivity index (χ3v) is 5.89. The normalized spacial score (nSPS) is 14.6. The highest BCUT2D eigenvalue weighted by Crippen LogP contribution is 2.34. The summed E-state index contributed by atoms with van der Waals surface area (Å²) < 4.78 is 33.8. The van der Waals surface area contributed by atoms with Gasteiger partial charge in [0.2, 0.25) is 5.91 Å². The van der Waals surface area contributed by atoms with Crippen LogP contribution in [-0.4, -0.2) is 28.0 Å². The van der Waals surface area contributed by atoms with E-state index < -0.39 is 10.0 Å². The van der Waals surface area contributed by atoms with Crippen LogP contribution in [0.5, 0.6) is 5.75 Å². The Morgan fingerprint density at radius 3 is 2.38 bits per heavy atom. The molecule has 0 saturated carbocycles. The summed E-state index contributed by atoms with van der Waals surface area (Å²) in [5.41, 5.74) is 2.75. The Labute approximate surface area is 153 Å². The van der Waals surface area contributed by atoms with Gasteiger partial charge in [-0.25, -0.2) is 8.42 Å². The third kappa shape index (κ3) is 3.39. The first-order valence-electron chi connectivity index (χ1n) is 8.41. The minimum atomic E-state index is -3.80. The molecule has 0 aliphatic carbocycles. The van der Waals surface area contributed by atoms with Crippen LogP contribution >= 0.6 is 0 Å². The Kier molecular flexibility index (Phi) is 4.91. The van der Waals surface area contributed by atoms with Gasteiger partial charge in [0.25, 0.3) is 10.0 Å². The van der Waals surface area contributed by atoms with Crippen molar-refractivity contribution in [2.24, 2.45) is 0 Å². The van der Waals surface area contributed by atoms with Crippen LogP contribution in [0.4, 0.5) is 11.4 Å². The van der Waals surface area contributed by atoms with Crippen molar-refractivity contribution < 1.29 is 17.9 Å². The predicted octanol–water partition coefficient (Wildman–Crippen LogP) is 3.24. The maximum absolute atomic E-state index is 12.9. The zero-order chi connectivity index (χ0) is 18.9. The van der Waals surface area contributed by atoms with Crippen molar-refractivity contribution in [3.63, 3.8) is 0 Å². The molecule has 1 fully saturated rings. The lowest BCUT2D eigenvalue weighted by atomic mass is 10.1. The molecule has 138 valence electrons. The molecule has 1 N–H and O–H groups in total. The SMILES string of the molecule is COc1ccc(S(=O)(=O)Nc2c(C)cccc2C)cc1N1CCCC1=O. The highest BCUT2D eigenvalue weighted by Gasteiger charge is 2.27. The van der Waals surface area contributed by atoms with Gasteiger partial charge in [0.1, 0.15) is 5.75 Å². The topological polar surface area (TPSA) is 75.7 Å². The Morgan fingerprint density at radius 2 is 1.81 bits per heavy atom. The summed E-state index contributed by atoms with van der Waals surface area (Å²) in [5.74, 6) is 0.451. The molecule has 0 spiro atoms. The number of anilines is 2. The first kappa shape index (κ1) is 18.3. The predicted molar refractivity (Wildman–Crippen MR) is 101 cm³/mol. The van der Waals surface area contributed by atoms with E-state index in [0.717, 1.165) is 17.5 Å². The fourth-order valence-corrected chi connectivity index (χ4v) is 4.34. The van der Waals surface area contributed by atoms with Crippen molar-refractivity contribution in [3.8, 4) is 5.75 Å². The van der Waals surface area contributed by atoms with Crippen molar-refractivity contribution >= 4 is 27.3 Å². The van der Waals surface area contributed by atoms with Crippen LogP contribution in [0.2, 0.25) is 0 Å². The number of hydrogen-bond donors (Lipinski definition) is 1. The van der Waals surface area contributed by atoms with Crippen molar-refractivity contribution in [3.05, 3.63) is 47.5 Å². The van der Waals surface area contributed by atoms with E-state index in [1.807, 2.05) is 32.0 Å². The molecule has 7 heteroatoms. The number of carbonyl (C=O) groups is 1. The monoisotopic (exact) mass is 374 g/mol. The average Bonchev–Trinajstić information content (AvgIpc) is 3.03. The number of carbonyl (C=O) groups excluding carboxylic acids is 1. The number of sulfonamides is 1. The number of rotatable bonds is 5. The van der Waals surface area contributed by atoms with E-state index in [1.54, 1.807) is 11.0 Å². The van der Waals surface area contributed by atoms with E-state index in [4.69, 9.17) is 4.74 Å². The summed E-state index contributed by atoms with van der Waals surface area (Å²) in [4.78, 5) is 13.8. The first-order chi connectivity index (χ1) is 12.3. The second-order valence-corrected chi connectivity index (χ2v) is 8.04. The molecule has 6 nitrogen and oxygen atoms in total. The van der Waals surface area contributed by atoms with E-state index in [-0.39, 0.29) is 10.8 Å². The van der Waals surface area contributed by atoms with Gasteiger partial charge in [0.15, 0.2) is 0 Å². The number of para-hydroxylation sites is 1. The fourth-order valence-electron chi connectivity index (χ4n) is 3.12. The van der Waals surface area contributed by atoms with Crippen molar-refractivity contribution in [2.45, 2.75) is 31.6 Å². The van der Waals surface area contributed by atoms with Crippen LogP contribution in [0.15, 0.2) is 41.3 Å². The van der Waals surface area contributed by atoms with Crippen LogP contribution < -0.4 is 14.4 Å². The zero-order valence-electron chi connectivity index (χ0n) is 15.1. The minimum Gasteiger partial charge on any atom is -0.495 e. The second-order valence-electron chi connectivity index (χ2n) is 6.35. The summed E-state index contributed by atoms with van der Waals surface area (Å²) in [6.45, 7) is 4.27. The quantitative estimate of drug-likeness (QED) is 0.872. The lowest BCUT2D eigenvalue weighted by molar-refractivity contribution is -0.117. The molecule has 0 unspecified atom stereocenters. The molecular weight excluding hydrogens is 352 g/mol. The summed E-state index contributed by atoms with van der Waals surface area (Å²) in [6, 6.07) is 10.2. The third-order valence-electron chi connectivity index (χ3n) is 4.54. The molecule has 0 bridgehead atoms. The number of nitrogens with one attached hydrogen (secondary N) is 1. The molecule has 0 radical (unpaired) electrons. The molecule has 1 amide bonds. The van der Waals surface area contributed by atoms with Gasteiger partial charge in [0, 0.05) is 13.0 Å². The number of amides is 1. The highest BCUT2D eigenvalue weighted by molar-refractivity contribution is 7.92. The van der Waals surface area contributed by atoms with Gasteiger partial charge in [-0.2, -0.15) is 0 Å². The largest absolute Gasteiger partial charge is 0.495 e. The van der Waals surface area contributed by atoms with E-state index >= 15 is 0 Å². The fraction of sp³-hybridized carbons (Fsp3) is 0.316. The maximum atomic E-state index is 12.9. The molecular formula is C19H22N2O4S. The molecule has 1 aliphatic heterocycles. The van der Waals surface area contributed by atoms with Crippen molar-refractivity contribution in [2.75, 3.05) is 23.3 Å². The van der Waals surface area contributed by atoms with Gasteiger partial charge >= 0.3 is 0 Å². The lowest BCUT2D eigenvalue weighted by Gasteiger charge is -2.20. The molecule has 1 aliphatic rings. The van der Waals surface area contributed by atoms with Crippen LogP contribution in [0.3, 0.4) is 0 Å². The molecule has 0 aromatic heterocycles. The van der Waals surface area contributed by atoms with E-state index in [0.29, 0.717) is 30.1 Å². The molecule has 26 heavy (non-hydrogen) atoms. The number of benzene rings is 2. The van der Waals surface area contributed by atoms with Gasteiger partial charge in [-0.15, -0.1) is 0 Å². The highest BCUT2D eigenvalue weighted by atomic mass is 32.2. The maximum Gasteiger partial charge on any atom is 0.261 e. The molecule has 2 aromatic carbocycles. The smallest absolute Gasteiger partial charge is 0.261 e. The number of ether oxygens (including phenoxy) is 1. The Morgan fingerprint density at radius 1 is 1.12 bits per heavy atom. The molecule has 3 rings (SSSR count). The van der Waals surface area contributed by atoms with Crippen LogP contribution in [-0.2, 0) is 14.8 Å². The summed E-state index contributed by atoms with van der Waals surface area (Å²) in [6.07, 6.45) is 1.21. The van der Waals surface area contributed by atoms with E-state index in [2.05, 4.69) is 4.72 Å². The summed E-state index contributed by atoms with van der Waals surface area (Å²) >= 11 is 0. The van der Waals surface area contributed by atoms with Gasteiger partial charge < -0.3 is 9.64 Å². The van der Waals surface area contributed by atoms with E-state index in [9.17, 15) is 13.2 Å². The van der Waals surface area contributed by atoms with Gasteiger partial charge in [-0.05, 0) is 49.6 Å².